The first-order valence-electron chi connectivity index (χ1n) is 4.16. The van der Waals surface area contributed by atoms with E-state index in [-0.39, 0.29) is 0 Å². The third-order valence-corrected chi connectivity index (χ3v) is 3.77. The summed E-state index contributed by atoms with van der Waals surface area (Å²) in [7, 11) is 0. The van der Waals surface area contributed by atoms with E-state index in [0.29, 0.717) is 18.8 Å². The van der Waals surface area contributed by atoms with Crippen molar-refractivity contribution < 1.29 is 13.2 Å². The van der Waals surface area contributed by atoms with Crippen molar-refractivity contribution in [3.05, 3.63) is 0 Å². The van der Waals surface area contributed by atoms with Gasteiger partial charge in [0.05, 0.1) is 5.92 Å². The SMILES string of the molecule is FC(F)(F)[C@H]1CC[C@H](CI)CC1. The van der Waals surface area contributed by atoms with Gasteiger partial charge in [0.15, 0.2) is 0 Å². The van der Waals surface area contributed by atoms with Crippen molar-refractivity contribution in [1.82, 2.24) is 0 Å². The van der Waals surface area contributed by atoms with E-state index >= 15 is 0 Å². The fourth-order valence-corrected chi connectivity index (χ4v) is 2.52. The Kier molecular flexibility index (Phi) is 3.67. The first-order valence-corrected chi connectivity index (χ1v) is 5.69. The number of rotatable bonds is 1. The van der Waals surface area contributed by atoms with Gasteiger partial charge in [0.2, 0.25) is 0 Å². The summed E-state index contributed by atoms with van der Waals surface area (Å²) in [5.41, 5.74) is 0. The predicted octanol–water partition coefficient (Wildman–Crippen LogP) is 3.79. The van der Waals surface area contributed by atoms with E-state index in [0.717, 1.165) is 17.3 Å². The van der Waals surface area contributed by atoms with Crippen LogP contribution in [0.4, 0.5) is 13.2 Å². The van der Waals surface area contributed by atoms with E-state index in [4.69, 9.17) is 0 Å². The Morgan fingerprint density at radius 3 is 1.92 bits per heavy atom. The number of hydrogen-bond donors (Lipinski definition) is 0. The zero-order valence-electron chi connectivity index (χ0n) is 6.70. The number of alkyl halides is 4. The van der Waals surface area contributed by atoms with Crippen LogP contribution in [0.25, 0.3) is 0 Å². The van der Waals surface area contributed by atoms with Gasteiger partial charge in [-0.1, -0.05) is 22.6 Å². The number of hydrogen-bond acceptors (Lipinski definition) is 0. The Labute approximate surface area is 84.0 Å². The zero-order valence-corrected chi connectivity index (χ0v) is 8.86. The summed E-state index contributed by atoms with van der Waals surface area (Å²) in [5.74, 6) is -0.485. The summed E-state index contributed by atoms with van der Waals surface area (Å²) in [5, 5.41) is 0. The van der Waals surface area contributed by atoms with Gasteiger partial charge in [-0.25, -0.2) is 0 Å². The largest absolute Gasteiger partial charge is 0.391 e. The van der Waals surface area contributed by atoms with Crippen LogP contribution in [0.1, 0.15) is 25.7 Å². The van der Waals surface area contributed by atoms with Gasteiger partial charge in [0.25, 0.3) is 0 Å². The predicted molar refractivity (Wildman–Crippen MR) is 50.4 cm³/mol. The molecule has 0 aromatic heterocycles. The molecule has 0 atom stereocenters. The van der Waals surface area contributed by atoms with Gasteiger partial charge in [-0.3, -0.25) is 0 Å². The van der Waals surface area contributed by atoms with Crippen molar-refractivity contribution in [3.63, 3.8) is 0 Å². The Hall–Kier alpha value is 0.520. The average Bonchev–Trinajstić information content (AvgIpc) is 2.03. The van der Waals surface area contributed by atoms with E-state index in [1.165, 1.54) is 0 Å². The van der Waals surface area contributed by atoms with Gasteiger partial charge in [-0.2, -0.15) is 13.2 Å². The Morgan fingerprint density at radius 1 is 1.08 bits per heavy atom. The molecular formula is C8H12F3I. The molecule has 0 aromatic rings. The highest BCUT2D eigenvalue weighted by molar-refractivity contribution is 14.1. The summed E-state index contributed by atoms with van der Waals surface area (Å²) in [6.07, 6.45) is -1.75. The fourth-order valence-electron chi connectivity index (χ4n) is 1.64. The minimum absolute atomic E-state index is 0.344. The monoisotopic (exact) mass is 292 g/mol. The average molecular weight is 292 g/mol. The van der Waals surface area contributed by atoms with Crippen LogP contribution in [0.5, 0.6) is 0 Å². The van der Waals surface area contributed by atoms with E-state index < -0.39 is 12.1 Å². The van der Waals surface area contributed by atoms with E-state index in [9.17, 15) is 13.2 Å². The van der Waals surface area contributed by atoms with Gasteiger partial charge < -0.3 is 0 Å². The molecule has 4 heteroatoms. The highest BCUT2D eigenvalue weighted by Crippen LogP contribution is 2.39. The van der Waals surface area contributed by atoms with Gasteiger partial charge in [-0.15, -0.1) is 0 Å². The summed E-state index contributed by atoms with van der Waals surface area (Å²) in [4.78, 5) is 0. The van der Waals surface area contributed by atoms with Crippen LogP contribution >= 0.6 is 22.6 Å². The molecule has 1 rings (SSSR count). The van der Waals surface area contributed by atoms with Crippen LogP contribution < -0.4 is 0 Å². The van der Waals surface area contributed by atoms with Crippen molar-refractivity contribution in [1.29, 1.82) is 0 Å². The maximum Gasteiger partial charge on any atom is 0.391 e. The lowest BCUT2D eigenvalue weighted by Gasteiger charge is -2.28. The van der Waals surface area contributed by atoms with E-state index in [1.807, 2.05) is 0 Å². The minimum atomic E-state index is -3.95. The molecule has 0 radical (unpaired) electrons. The first kappa shape index (κ1) is 10.6. The molecule has 0 bridgehead atoms. The normalized spacial score (nSPS) is 32.0. The Bertz CT molecular complexity index is 136. The topological polar surface area (TPSA) is 0 Å². The summed E-state index contributed by atoms with van der Waals surface area (Å²) in [6, 6.07) is 0. The van der Waals surface area contributed by atoms with E-state index in [2.05, 4.69) is 22.6 Å². The van der Waals surface area contributed by atoms with Crippen LogP contribution in [0.15, 0.2) is 0 Å². The number of halogens is 4. The standard InChI is InChI=1S/C8H12F3I/c9-8(10,11)7-3-1-6(5-12)2-4-7/h6-7H,1-5H2/t6-,7-. The molecule has 0 aliphatic heterocycles. The quantitative estimate of drug-likeness (QED) is 0.509. The van der Waals surface area contributed by atoms with Crippen LogP contribution in [0, 0.1) is 11.8 Å². The molecule has 0 unspecified atom stereocenters. The minimum Gasteiger partial charge on any atom is -0.171 e. The molecule has 0 saturated heterocycles. The molecule has 0 nitrogen and oxygen atoms in total. The lowest BCUT2D eigenvalue weighted by molar-refractivity contribution is -0.183. The second-order valence-electron chi connectivity index (χ2n) is 3.41. The lowest BCUT2D eigenvalue weighted by Crippen LogP contribution is -2.28. The Morgan fingerprint density at radius 2 is 1.58 bits per heavy atom. The molecule has 0 spiro atoms. The van der Waals surface area contributed by atoms with Crippen LogP contribution in [-0.4, -0.2) is 10.6 Å². The van der Waals surface area contributed by atoms with Gasteiger partial charge >= 0.3 is 6.18 Å². The molecule has 0 N–H and O–H groups in total. The molecule has 0 heterocycles. The summed E-state index contributed by atoms with van der Waals surface area (Å²) >= 11 is 2.25. The highest BCUT2D eigenvalue weighted by atomic mass is 127. The van der Waals surface area contributed by atoms with E-state index in [1.54, 1.807) is 0 Å². The van der Waals surface area contributed by atoms with Crippen molar-refractivity contribution in [2.24, 2.45) is 11.8 Å². The summed E-state index contributed by atoms with van der Waals surface area (Å²) < 4.78 is 37.5. The molecular weight excluding hydrogens is 280 g/mol. The second-order valence-corrected chi connectivity index (χ2v) is 4.29. The van der Waals surface area contributed by atoms with Gasteiger partial charge in [0.1, 0.15) is 0 Å². The van der Waals surface area contributed by atoms with Crippen LogP contribution in [0.3, 0.4) is 0 Å². The molecule has 12 heavy (non-hydrogen) atoms. The van der Waals surface area contributed by atoms with Crippen molar-refractivity contribution in [2.45, 2.75) is 31.9 Å². The third kappa shape index (κ3) is 2.78. The second kappa shape index (κ2) is 4.15. The van der Waals surface area contributed by atoms with Crippen LogP contribution in [0.2, 0.25) is 0 Å². The molecule has 1 saturated carbocycles. The first-order chi connectivity index (χ1) is 5.54. The smallest absolute Gasteiger partial charge is 0.171 e. The molecule has 0 aromatic carbocycles. The van der Waals surface area contributed by atoms with Gasteiger partial charge in [0, 0.05) is 4.43 Å². The van der Waals surface area contributed by atoms with Crippen molar-refractivity contribution >= 4 is 22.6 Å². The maximum atomic E-state index is 12.2. The molecule has 72 valence electrons. The molecule has 1 aliphatic rings. The molecule has 1 fully saturated rings. The Balaban J connectivity index is 2.36. The maximum absolute atomic E-state index is 12.2. The molecule has 1 aliphatic carbocycles. The third-order valence-electron chi connectivity index (χ3n) is 2.53. The molecule has 0 amide bonds. The summed E-state index contributed by atoms with van der Waals surface area (Å²) in [6.45, 7) is 0. The zero-order chi connectivity index (χ0) is 9.19. The van der Waals surface area contributed by atoms with Gasteiger partial charge in [-0.05, 0) is 31.6 Å². The van der Waals surface area contributed by atoms with Crippen LogP contribution in [-0.2, 0) is 0 Å². The van der Waals surface area contributed by atoms with Crippen molar-refractivity contribution in [3.8, 4) is 0 Å². The lowest BCUT2D eigenvalue weighted by atomic mass is 9.83. The fraction of sp³-hybridized carbons (Fsp3) is 1.00. The highest BCUT2D eigenvalue weighted by Gasteiger charge is 2.41. The van der Waals surface area contributed by atoms with Crippen molar-refractivity contribution in [2.75, 3.05) is 4.43 Å².